The molecule has 0 spiro atoms. The molecule has 3 rings (SSSR count). The van der Waals surface area contributed by atoms with Crippen molar-refractivity contribution in [3.63, 3.8) is 0 Å². The number of H-pyrrole nitrogens is 1. The fourth-order valence-electron chi connectivity index (χ4n) is 3.50. The summed E-state index contributed by atoms with van der Waals surface area (Å²) in [5.74, 6) is 0.482. The van der Waals surface area contributed by atoms with Crippen LogP contribution >= 0.6 is 0 Å². The number of nitrogens with one attached hydrogen (secondary N) is 1. The Balaban J connectivity index is 2.20. The molecular formula is C24H29NO4. The van der Waals surface area contributed by atoms with Crippen molar-refractivity contribution >= 4 is 16.9 Å². The van der Waals surface area contributed by atoms with Gasteiger partial charge in [0.1, 0.15) is 0 Å². The van der Waals surface area contributed by atoms with Crippen LogP contribution in [0.25, 0.3) is 22.2 Å². The van der Waals surface area contributed by atoms with Crippen LogP contribution in [-0.4, -0.2) is 29.3 Å². The number of aliphatic carboxylic acids is 1. The first-order valence-electron chi connectivity index (χ1n) is 10.0. The molecule has 0 aliphatic rings. The van der Waals surface area contributed by atoms with Crippen molar-refractivity contribution in [1.29, 1.82) is 0 Å². The Morgan fingerprint density at radius 3 is 2.31 bits per heavy atom. The number of carboxylic acids is 1. The maximum atomic E-state index is 11.6. The zero-order valence-corrected chi connectivity index (χ0v) is 17.8. The van der Waals surface area contributed by atoms with Gasteiger partial charge in [-0.05, 0) is 60.7 Å². The minimum atomic E-state index is -0.857. The molecule has 0 saturated carbocycles. The molecule has 0 bridgehead atoms. The number of benzene rings is 2. The van der Waals surface area contributed by atoms with E-state index in [1.165, 1.54) is 5.56 Å². The van der Waals surface area contributed by atoms with Gasteiger partial charge in [0.2, 0.25) is 0 Å². The Morgan fingerprint density at radius 2 is 1.69 bits per heavy atom. The van der Waals surface area contributed by atoms with E-state index in [1.807, 2.05) is 38.1 Å². The molecule has 0 aliphatic carbocycles. The minimum absolute atomic E-state index is 0.0204. The number of fused-ring (bicyclic) bond motifs is 1. The van der Waals surface area contributed by atoms with E-state index in [0.29, 0.717) is 24.7 Å². The van der Waals surface area contributed by atoms with E-state index in [1.54, 1.807) is 0 Å². The average molecular weight is 395 g/mol. The number of ether oxygens (including phenoxy) is 2. The summed E-state index contributed by atoms with van der Waals surface area (Å²) in [7, 11) is 0. The molecule has 3 aromatic rings. The van der Waals surface area contributed by atoms with Crippen molar-refractivity contribution in [2.75, 3.05) is 13.2 Å². The Labute approximate surface area is 171 Å². The second-order valence-corrected chi connectivity index (χ2v) is 8.09. The molecule has 0 fully saturated rings. The van der Waals surface area contributed by atoms with Crippen LogP contribution < -0.4 is 9.47 Å². The van der Waals surface area contributed by atoms with Crippen LogP contribution in [0.2, 0.25) is 0 Å². The number of hydrogen-bond donors (Lipinski definition) is 2. The molecule has 0 amide bonds. The van der Waals surface area contributed by atoms with Crippen molar-refractivity contribution in [3.05, 3.63) is 47.5 Å². The summed E-state index contributed by atoms with van der Waals surface area (Å²) in [4.78, 5) is 15.1. The van der Waals surface area contributed by atoms with E-state index >= 15 is 0 Å². The van der Waals surface area contributed by atoms with Crippen molar-refractivity contribution in [1.82, 2.24) is 4.98 Å². The SMILES string of the molecule is CCOc1ccc(-c2[nH]c3ccc(C(C)(C)C)cc3c2CC(=O)O)cc1OCC. The maximum absolute atomic E-state index is 11.6. The predicted molar refractivity (Wildman–Crippen MR) is 116 cm³/mol. The van der Waals surface area contributed by atoms with E-state index in [9.17, 15) is 9.90 Å². The molecule has 1 heterocycles. The first kappa shape index (κ1) is 20.8. The maximum Gasteiger partial charge on any atom is 0.307 e. The summed E-state index contributed by atoms with van der Waals surface area (Å²) in [6, 6.07) is 12.0. The predicted octanol–water partition coefficient (Wildman–Crippen LogP) is 5.56. The van der Waals surface area contributed by atoms with Gasteiger partial charge in [0.15, 0.2) is 11.5 Å². The van der Waals surface area contributed by atoms with Gasteiger partial charge in [-0.3, -0.25) is 4.79 Å². The van der Waals surface area contributed by atoms with Gasteiger partial charge in [-0.1, -0.05) is 26.8 Å². The lowest BCUT2D eigenvalue weighted by atomic mass is 9.86. The Kier molecular flexibility index (Phi) is 5.87. The van der Waals surface area contributed by atoms with Gasteiger partial charge in [-0.15, -0.1) is 0 Å². The van der Waals surface area contributed by atoms with Gasteiger partial charge in [0.05, 0.1) is 25.3 Å². The molecule has 154 valence electrons. The molecule has 5 heteroatoms. The number of carbonyl (C=O) groups is 1. The molecular weight excluding hydrogens is 366 g/mol. The normalized spacial score (nSPS) is 11.6. The molecule has 29 heavy (non-hydrogen) atoms. The largest absolute Gasteiger partial charge is 0.490 e. The van der Waals surface area contributed by atoms with Crippen molar-refractivity contribution < 1.29 is 19.4 Å². The smallest absolute Gasteiger partial charge is 0.307 e. The summed E-state index contributed by atoms with van der Waals surface area (Å²) >= 11 is 0. The highest BCUT2D eigenvalue weighted by atomic mass is 16.5. The average Bonchev–Trinajstić information content (AvgIpc) is 3.00. The number of aromatic nitrogens is 1. The topological polar surface area (TPSA) is 71.6 Å². The van der Waals surface area contributed by atoms with Gasteiger partial charge in [0, 0.05) is 16.5 Å². The standard InChI is InChI=1S/C24H29NO4/c1-6-28-20-11-8-15(12-21(20)29-7-2)23-18(14-22(26)27)17-13-16(24(3,4)5)9-10-19(17)25-23/h8-13,25H,6-7,14H2,1-5H3,(H,26,27). The molecule has 0 atom stereocenters. The molecule has 2 aromatic carbocycles. The number of rotatable bonds is 7. The number of aromatic amines is 1. The van der Waals surface area contributed by atoms with Crippen LogP contribution in [0.1, 0.15) is 45.7 Å². The van der Waals surface area contributed by atoms with Crippen molar-refractivity contribution in [2.45, 2.75) is 46.5 Å². The first-order valence-corrected chi connectivity index (χ1v) is 10.0. The van der Waals surface area contributed by atoms with Gasteiger partial charge in [-0.25, -0.2) is 0 Å². The Morgan fingerprint density at radius 1 is 1.00 bits per heavy atom. The van der Waals surface area contributed by atoms with E-state index in [2.05, 4.69) is 37.9 Å². The third kappa shape index (κ3) is 4.39. The van der Waals surface area contributed by atoms with Gasteiger partial charge in [-0.2, -0.15) is 0 Å². The molecule has 0 unspecified atom stereocenters. The monoisotopic (exact) mass is 395 g/mol. The van der Waals surface area contributed by atoms with Gasteiger partial charge in [0.25, 0.3) is 0 Å². The van der Waals surface area contributed by atoms with Crippen LogP contribution in [0, 0.1) is 0 Å². The highest BCUT2D eigenvalue weighted by Crippen LogP contribution is 2.37. The molecule has 0 radical (unpaired) electrons. The first-order chi connectivity index (χ1) is 13.7. The molecule has 0 aliphatic heterocycles. The van der Waals surface area contributed by atoms with Crippen LogP contribution in [0.5, 0.6) is 11.5 Å². The van der Waals surface area contributed by atoms with E-state index < -0.39 is 5.97 Å². The van der Waals surface area contributed by atoms with Crippen LogP contribution in [0.15, 0.2) is 36.4 Å². The molecule has 1 aromatic heterocycles. The second-order valence-electron chi connectivity index (χ2n) is 8.09. The Bertz CT molecular complexity index is 1030. The van der Waals surface area contributed by atoms with Crippen LogP contribution in [-0.2, 0) is 16.6 Å². The molecule has 0 saturated heterocycles. The summed E-state index contributed by atoms with van der Waals surface area (Å²) in [5.41, 5.74) is 4.54. The lowest BCUT2D eigenvalue weighted by Gasteiger charge is -2.19. The summed E-state index contributed by atoms with van der Waals surface area (Å²) in [6.45, 7) is 11.4. The van der Waals surface area contributed by atoms with Gasteiger partial charge < -0.3 is 19.6 Å². The van der Waals surface area contributed by atoms with E-state index in [4.69, 9.17) is 9.47 Å². The number of carboxylic acid groups (broad SMARTS) is 1. The zero-order valence-electron chi connectivity index (χ0n) is 17.8. The van der Waals surface area contributed by atoms with Crippen molar-refractivity contribution in [2.24, 2.45) is 0 Å². The van der Waals surface area contributed by atoms with Gasteiger partial charge >= 0.3 is 5.97 Å². The fraction of sp³-hybridized carbons (Fsp3) is 0.375. The highest BCUT2D eigenvalue weighted by Gasteiger charge is 2.20. The van der Waals surface area contributed by atoms with Crippen LogP contribution in [0.3, 0.4) is 0 Å². The highest BCUT2D eigenvalue weighted by molar-refractivity contribution is 5.94. The van der Waals surface area contributed by atoms with E-state index in [0.717, 1.165) is 27.7 Å². The van der Waals surface area contributed by atoms with E-state index in [-0.39, 0.29) is 11.8 Å². The van der Waals surface area contributed by atoms with Crippen LogP contribution in [0.4, 0.5) is 0 Å². The lowest BCUT2D eigenvalue weighted by Crippen LogP contribution is -2.10. The summed E-state index contributed by atoms with van der Waals surface area (Å²) in [5, 5.41) is 10.5. The number of hydrogen-bond acceptors (Lipinski definition) is 3. The minimum Gasteiger partial charge on any atom is -0.490 e. The van der Waals surface area contributed by atoms with Crippen molar-refractivity contribution in [3.8, 4) is 22.8 Å². The molecule has 5 nitrogen and oxygen atoms in total. The summed E-state index contributed by atoms with van der Waals surface area (Å²) in [6.07, 6.45) is -0.0554. The molecule has 2 N–H and O–H groups in total. The third-order valence-electron chi connectivity index (χ3n) is 4.93. The lowest BCUT2D eigenvalue weighted by molar-refractivity contribution is -0.136. The summed E-state index contributed by atoms with van der Waals surface area (Å²) < 4.78 is 11.4. The quantitative estimate of drug-likeness (QED) is 0.550. The second kappa shape index (κ2) is 8.19. The fourth-order valence-corrected chi connectivity index (χ4v) is 3.50. The third-order valence-corrected chi connectivity index (χ3v) is 4.93. The zero-order chi connectivity index (χ0) is 21.2. The Hall–Kier alpha value is -2.95.